The molecule has 0 aromatic heterocycles. The van der Waals surface area contributed by atoms with Gasteiger partial charge in [0.2, 0.25) is 0 Å². The highest BCUT2D eigenvalue weighted by atomic mass is 79.9. The second kappa shape index (κ2) is 4.54. The third-order valence-corrected chi connectivity index (χ3v) is 3.88. The van der Waals surface area contributed by atoms with Crippen LogP contribution in [0.15, 0.2) is 22.7 Å². The van der Waals surface area contributed by atoms with E-state index >= 15 is 0 Å². The van der Waals surface area contributed by atoms with Crippen LogP contribution >= 0.6 is 15.9 Å². The number of likely N-dealkylation sites (tertiary alicyclic amines) is 1. The van der Waals surface area contributed by atoms with E-state index in [0.29, 0.717) is 0 Å². The molecule has 2 rings (SSSR count). The first-order chi connectivity index (χ1) is 7.16. The van der Waals surface area contributed by atoms with Gasteiger partial charge in [-0.05, 0) is 44.0 Å². The molecule has 1 unspecified atom stereocenters. The molecular weight excluding hydrogens is 252 g/mol. The van der Waals surface area contributed by atoms with Crippen LogP contribution in [-0.4, -0.2) is 17.5 Å². The van der Waals surface area contributed by atoms with Gasteiger partial charge in [-0.15, -0.1) is 0 Å². The van der Waals surface area contributed by atoms with Gasteiger partial charge in [0.1, 0.15) is 0 Å². The minimum Gasteiger partial charge on any atom is -0.399 e. The topological polar surface area (TPSA) is 29.3 Å². The summed E-state index contributed by atoms with van der Waals surface area (Å²) in [5, 5.41) is 0. The summed E-state index contributed by atoms with van der Waals surface area (Å²) in [7, 11) is 0. The summed E-state index contributed by atoms with van der Waals surface area (Å²) >= 11 is 3.57. The van der Waals surface area contributed by atoms with Gasteiger partial charge in [-0.2, -0.15) is 0 Å². The molecule has 0 aliphatic carbocycles. The molecule has 1 heterocycles. The highest BCUT2D eigenvalue weighted by Crippen LogP contribution is 2.25. The maximum atomic E-state index is 5.72. The summed E-state index contributed by atoms with van der Waals surface area (Å²) in [6.07, 6.45) is 2.65. The number of nitrogens with zero attached hydrogens (tertiary/aromatic N) is 1. The number of rotatable bonds is 2. The molecule has 1 aromatic rings. The van der Waals surface area contributed by atoms with Crippen LogP contribution in [0.3, 0.4) is 0 Å². The average Bonchev–Trinajstić information content (AvgIpc) is 2.57. The zero-order valence-corrected chi connectivity index (χ0v) is 10.6. The second-order valence-corrected chi connectivity index (χ2v) is 5.17. The van der Waals surface area contributed by atoms with Crippen LogP contribution in [0.1, 0.15) is 25.3 Å². The highest BCUT2D eigenvalue weighted by Gasteiger charge is 2.20. The molecule has 0 amide bonds. The molecule has 0 bridgehead atoms. The lowest BCUT2D eigenvalue weighted by molar-refractivity contribution is 0.260. The van der Waals surface area contributed by atoms with Crippen LogP contribution in [0.2, 0.25) is 0 Å². The molecule has 82 valence electrons. The van der Waals surface area contributed by atoms with E-state index < -0.39 is 0 Å². The molecule has 3 heteroatoms. The molecule has 15 heavy (non-hydrogen) atoms. The second-order valence-electron chi connectivity index (χ2n) is 4.31. The fraction of sp³-hybridized carbons (Fsp3) is 0.500. The maximum absolute atomic E-state index is 5.72. The van der Waals surface area contributed by atoms with Crippen molar-refractivity contribution in [3.05, 3.63) is 28.2 Å². The Balaban J connectivity index is 2.10. The molecule has 0 spiro atoms. The SMILES string of the molecule is CC1CCCN1Cc1ccc(N)cc1Br. The van der Waals surface area contributed by atoms with Crippen LogP contribution in [0, 0.1) is 0 Å². The number of nitrogens with two attached hydrogens (primary N) is 1. The van der Waals surface area contributed by atoms with Crippen molar-refractivity contribution >= 4 is 21.6 Å². The minimum absolute atomic E-state index is 0.717. The first-order valence-corrected chi connectivity index (χ1v) is 6.24. The Kier molecular flexibility index (Phi) is 3.32. The zero-order valence-electron chi connectivity index (χ0n) is 9.04. The number of hydrogen-bond donors (Lipinski definition) is 1. The van der Waals surface area contributed by atoms with Crippen molar-refractivity contribution in [1.29, 1.82) is 0 Å². The largest absolute Gasteiger partial charge is 0.399 e. The quantitative estimate of drug-likeness (QED) is 0.836. The number of anilines is 1. The first-order valence-electron chi connectivity index (χ1n) is 5.45. The molecule has 2 nitrogen and oxygen atoms in total. The van der Waals surface area contributed by atoms with Gasteiger partial charge in [-0.25, -0.2) is 0 Å². The van der Waals surface area contributed by atoms with Crippen molar-refractivity contribution < 1.29 is 0 Å². The van der Waals surface area contributed by atoms with E-state index in [-0.39, 0.29) is 0 Å². The highest BCUT2D eigenvalue weighted by molar-refractivity contribution is 9.10. The lowest BCUT2D eigenvalue weighted by Gasteiger charge is -2.21. The van der Waals surface area contributed by atoms with Crippen molar-refractivity contribution in [2.45, 2.75) is 32.4 Å². The number of halogens is 1. The van der Waals surface area contributed by atoms with Crippen molar-refractivity contribution in [3.63, 3.8) is 0 Å². The summed E-state index contributed by atoms with van der Waals surface area (Å²) in [6.45, 7) is 4.55. The Labute approximate surface area is 99.6 Å². The standard InChI is InChI=1S/C12H17BrN2/c1-9-3-2-6-15(9)8-10-4-5-11(14)7-12(10)13/h4-5,7,9H,2-3,6,8,14H2,1H3. The van der Waals surface area contributed by atoms with Gasteiger partial charge in [-0.3, -0.25) is 4.90 Å². The third-order valence-electron chi connectivity index (χ3n) is 3.14. The molecule has 0 radical (unpaired) electrons. The van der Waals surface area contributed by atoms with Gasteiger partial charge in [0.05, 0.1) is 0 Å². The molecule has 2 N–H and O–H groups in total. The first kappa shape index (κ1) is 11.0. The molecule has 1 aromatic carbocycles. The molecule has 1 fully saturated rings. The van der Waals surface area contributed by atoms with E-state index in [1.807, 2.05) is 12.1 Å². The fourth-order valence-corrected chi connectivity index (χ4v) is 2.66. The smallest absolute Gasteiger partial charge is 0.0325 e. The van der Waals surface area contributed by atoms with Crippen LogP contribution < -0.4 is 5.73 Å². The summed E-state index contributed by atoms with van der Waals surface area (Å²) in [6, 6.07) is 6.79. The van der Waals surface area contributed by atoms with Crippen molar-refractivity contribution in [2.24, 2.45) is 0 Å². The average molecular weight is 269 g/mol. The number of hydrogen-bond acceptors (Lipinski definition) is 2. The molecular formula is C12H17BrN2. The van der Waals surface area contributed by atoms with E-state index in [4.69, 9.17) is 5.73 Å². The predicted molar refractivity (Wildman–Crippen MR) is 67.7 cm³/mol. The summed E-state index contributed by atoms with van der Waals surface area (Å²) in [5.74, 6) is 0. The summed E-state index contributed by atoms with van der Waals surface area (Å²) in [5.41, 5.74) is 7.87. The van der Waals surface area contributed by atoms with Gasteiger partial charge < -0.3 is 5.73 Å². The summed E-state index contributed by atoms with van der Waals surface area (Å²) in [4.78, 5) is 2.52. The molecule has 0 saturated carbocycles. The van der Waals surface area contributed by atoms with Gasteiger partial charge in [0.25, 0.3) is 0 Å². The van der Waals surface area contributed by atoms with Crippen LogP contribution in [-0.2, 0) is 6.54 Å². The van der Waals surface area contributed by atoms with E-state index in [1.165, 1.54) is 24.9 Å². The van der Waals surface area contributed by atoms with Gasteiger partial charge in [0.15, 0.2) is 0 Å². The maximum Gasteiger partial charge on any atom is 0.0325 e. The molecule has 1 aliphatic rings. The molecule has 1 atom stereocenters. The molecule has 1 saturated heterocycles. The Bertz CT molecular complexity index is 351. The predicted octanol–water partition coefficient (Wildman–Crippen LogP) is 3.02. The Morgan fingerprint density at radius 3 is 2.93 bits per heavy atom. The number of benzene rings is 1. The van der Waals surface area contributed by atoms with E-state index in [2.05, 4.69) is 33.8 Å². The van der Waals surface area contributed by atoms with Crippen molar-refractivity contribution in [2.75, 3.05) is 12.3 Å². The van der Waals surface area contributed by atoms with E-state index in [0.717, 1.165) is 22.7 Å². The summed E-state index contributed by atoms with van der Waals surface area (Å²) < 4.78 is 1.13. The van der Waals surface area contributed by atoms with Crippen molar-refractivity contribution in [1.82, 2.24) is 4.90 Å². The number of nitrogen functional groups attached to an aromatic ring is 1. The van der Waals surface area contributed by atoms with E-state index in [9.17, 15) is 0 Å². The van der Waals surface area contributed by atoms with Gasteiger partial charge >= 0.3 is 0 Å². The van der Waals surface area contributed by atoms with Crippen molar-refractivity contribution in [3.8, 4) is 0 Å². The Hall–Kier alpha value is -0.540. The normalized spacial score (nSPS) is 22.1. The lowest BCUT2D eigenvalue weighted by Crippen LogP contribution is -2.26. The fourth-order valence-electron chi connectivity index (χ4n) is 2.14. The van der Waals surface area contributed by atoms with Crippen LogP contribution in [0.25, 0.3) is 0 Å². The van der Waals surface area contributed by atoms with Gasteiger partial charge in [-0.1, -0.05) is 22.0 Å². The lowest BCUT2D eigenvalue weighted by atomic mass is 10.2. The molecule has 1 aliphatic heterocycles. The Morgan fingerprint density at radius 2 is 2.33 bits per heavy atom. The minimum atomic E-state index is 0.717. The monoisotopic (exact) mass is 268 g/mol. The van der Waals surface area contributed by atoms with Crippen LogP contribution in [0.5, 0.6) is 0 Å². The van der Waals surface area contributed by atoms with Gasteiger partial charge in [0, 0.05) is 22.7 Å². The zero-order chi connectivity index (χ0) is 10.8. The Morgan fingerprint density at radius 1 is 1.53 bits per heavy atom. The third kappa shape index (κ3) is 2.52. The van der Waals surface area contributed by atoms with E-state index in [1.54, 1.807) is 0 Å². The van der Waals surface area contributed by atoms with Crippen LogP contribution in [0.4, 0.5) is 5.69 Å².